The first-order chi connectivity index (χ1) is 8.33. The third-order valence-corrected chi connectivity index (χ3v) is 3.10. The van der Waals surface area contributed by atoms with Gasteiger partial charge in [0.15, 0.2) is 0 Å². The lowest BCUT2D eigenvalue weighted by molar-refractivity contribution is 0.419. The molecule has 2 nitrogen and oxygen atoms in total. The minimum atomic E-state index is -0.241. The highest BCUT2D eigenvalue weighted by Gasteiger charge is 2.08. The van der Waals surface area contributed by atoms with E-state index in [1.165, 1.54) is 5.56 Å². The summed E-state index contributed by atoms with van der Waals surface area (Å²) in [6.07, 6.45) is 4.10. The average Bonchev–Trinajstić information content (AvgIpc) is 2.81. The number of alkyl halides is 1. The molecule has 1 unspecified atom stereocenters. The maximum absolute atomic E-state index is 12.2. The van der Waals surface area contributed by atoms with Crippen LogP contribution in [0, 0.1) is 0 Å². The summed E-state index contributed by atoms with van der Waals surface area (Å²) < 4.78 is 17.5. The van der Waals surface area contributed by atoms with Crippen LogP contribution in [0.5, 0.6) is 0 Å². The molecule has 1 heterocycles. The van der Waals surface area contributed by atoms with Crippen LogP contribution >= 0.6 is 0 Å². The number of furan rings is 1. The van der Waals surface area contributed by atoms with Crippen molar-refractivity contribution < 1.29 is 8.81 Å². The monoisotopic (exact) mass is 235 g/mol. The molecule has 0 amide bonds. The highest BCUT2D eigenvalue weighted by atomic mass is 19.1. The first kappa shape index (κ1) is 12.1. The number of halogens is 1. The Hall–Kier alpha value is -1.35. The van der Waals surface area contributed by atoms with Gasteiger partial charge in [-0.25, -0.2) is 0 Å². The molecule has 2 rings (SSSR count). The number of likely N-dealkylation sites (N-methyl/N-ethyl adjacent to an activating group) is 1. The zero-order chi connectivity index (χ0) is 12.1. The number of benzene rings is 1. The van der Waals surface area contributed by atoms with E-state index in [-0.39, 0.29) is 6.67 Å². The minimum absolute atomic E-state index is 0.241. The molecule has 0 fully saturated rings. The molecule has 0 spiro atoms. The highest BCUT2D eigenvalue weighted by Crippen LogP contribution is 2.18. The van der Waals surface area contributed by atoms with Crippen LogP contribution in [0.1, 0.15) is 18.4 Å². The van der Waals surface area contributed by atoms with Crippen molar-refractivity contribution in [2.45, 2.75) is 25.3 Å². The summed E-state index contributed by atoms with van der Waals surface area (Å²) in [6.45, 7) is -0.241. The fourth-order valence-electron chi connectivity index (χ4n) is 2.08. The number of rotatable bonds is 6. The van der Waals surface area contributed by atoms with E-state index in [4.69, 9.17) is 4.42 Å². The quantitative estimate of drug-likeness (QED) is 0.831. The standard InChI is InChI=1S/C14H18FNO/c1-16-13(3-2-7-15)9-11-4-5-12-6-8-17-14(12)10-11/h4-6,8,10,13,16H,2-3,7,9H2,1H3. The molecule has 92 valence electrons. The lowest BCUT2D eigenvalue weighted by Gasteiger charge is -2.15. The number of nitrogens with one attached hydrogen (secondary N) is 1. The van der Waals surface area contributed by atoms with Crippen LogP contribution < -0.4 is 5.32 Å². The first-order valence-electron chi connectivity index (χ1n) is 6.03. The number of hydrogen-bond donors (Lipinski definition) is 1. The van der Waals surface area contributed by atoms with Gasteiger partial charge in [-0.15, -0.1) is 0 Å². The number of hydrogen-bond acceptors (Lipinski definition) is 2. The second-order valence-corrected chi connectivity index (χ2v) is 4.31. The summed E-state index contributed by atoms with van der Waals surface area (Å²) in [4.78, 5) is 0. The van der Waals surface area contributed by atoms with Crippen molar-refractivity contribution in [1.29, 1.82) is 0 Å². The van der Waals surface area contributed by atoms with Crippen LogP contribution in [0.4, 0.5) is 4.39 Å². The first-order valence-corrected chi connectivity index (χ1v) is 6.03. The van der Waals surface area contributed by atoms with Gasteiger partial charge in [-0.05, 0) is 44.0 Å². The molecule has 3 heteroatoms. The molecule has 0 aliphatic carbocycles. The second kappa shape index (κ2) is 5.82. The normalized spacial score (nSPS) is 13.1. The topological polar surface area (TPSA) is 25.2 Å². The van der Waals surface area contributed by atoms with E-state index >= 15 is 0 Å². The predicted octanol–water partition coefficient (Wildman–Crippen LogP) is 3.31. The zero-order valence-electron chi connectivity index (χ0n) is 10.1. The molecule has 17 heavy (non-hydrogen) atoms. The minimum Gasteiger partial charge on any atom is -0.464 e. The Morgan fingerprint density at radius 1 is 1.35 bits per heavy atom. The molecule has 1 N–H and O–H groups in total. The summed E-state index contributed by atoms with van der Waals surface area (Å²) in [5.41, 5.74) is 2.15. The molecular formula is C14H18FNO. The van der Waals surface area contributed by atoms with E-state index in [1.54, 1.807) is 6.26 Å². The Kier molecular flexibility index (Phi) is 4.15. The fourth-order valence-corrected chi connectivity index (χ4v) is 2.08. The van der Waals surface area contributed by atoms with Crippen molar-refractivity contribution in [1.82, 2.24) is 5.32 Å². The third-order valence-electron chi connectivity index (χ3n) is 3.10. The van der Waals surface area contributed by atoms with Crippen LogP contribution in [-0.4, -0.2) is 19.8 Å². The van der Waals surface area contributed by atoms with Crippen molar-refractivity contribution in [3.8, 4) is 0 Å². The summed E-state index contributed by atoms with van der Waals surface area (Å²) in [5, 5.41) is 4.35. The summed E-state index contributed by atoms with van der Waals surface area (Å²) >= 11 is 0. The Balaban J connectivity index is 2.05. The van der Waals surface area contributed by atoms with Gasteiger partial charge in [-0.3, -0.25) is 4.39 Å². The average molecular weight is 235 g/mol. The fraction of sp³-hybridized carbons (Fsp3) is 0.429. The maximum atomic E-state index is 12.2. The summed E-state index contributed by atoms with van der Waals surface area (Å²) in [7, 11) is 1.92. The molecule has 1 aromatic carbocycles. The van der Waals surface area contributed by atoms with E-state index < -0.39 is 0 Å². The molecule has 1 atom stereocenters. The number of fused-ring (bicyclic) bond motifs is 1. The van der Waals surface area contributed by atoms with Gasteiger partial charge in [0.05, 0.1) is 12.9 Å². The molecule has 0 aliphatic rings. The van der Waals surface area contributed by atoms with Crippen LogP contribution in [0.3, 0.4) is 0 Å². The Bertz CT molecular complexity index is 466. The van der Waals surface area contributed by atoms with Gasteiger partial charge in [0, 0.05) is 11.4 Å². The van der Waals surface area contributed by atoms with Crippen molar-refractivity contribution in [2.24, 2.45) is 0 Å². The molecule has 0 saturated heterocycles. The molecular weight excluding hydrogens is 217 g/mol. The zero-order valence-corrected chi connectivity index (χ0v) is 10.1. The van der Waals surface area contributed by atoms with E-state index in [0.29, 0.717) is 12.5 Å². The van der Waals surface area contributed by atoms with Crippen molar-refractivity contribution in [3.63, 3.8) is 0 Å². The van der Waals surface area contributed by atoms with Crippen LogP contribution in [0.2, 0.25) is 0 Å². The second-order valence-electron chi connectivity index (χ2n) is 4.31. The lowest BCUT2D eigenvalue weighted by Crippen LogP contribution is -2.27. The Labute approximate surface area is 101 Å². The molecule has 2 aromatic rings. The van der Waals surface area contributed by atoms with Crippen molar-refractivity contribution >= 4 is 11.0 Å². The van der Waals surface area contributed by atoms with Crippen molar-refractivity contribution in [2.75, 3.05) is 13.7 Å². The van der Waals surface area contributed by atoms with Gasteiger partial charge in [0.25, 0.3) is 0 Å². The highest BCUT2D eigenvalue weighted by molar-refractivity contribution is 5.77. The summed E-state index contributed by atoms with van der Waals surface area (Å²) in [6, 6.07) is 8.53. The van der Waals surface area contributed by atoms with Gasteiger partial charge >= 0.3 is 0 Å². The lowest BCUT2D eigenvalue weighted by atomic mass is 10.0. The van der Waals surface area contributed by atoms with E-state index in [1.807, 2.05) is 13.1 Å². The summed E-state index contributed by atoms with van der Waals surface area (Å²) in [5.74, 6) is 0. The van der Waals surface area contributed by atoms with Crippen molar-refractivity contribution in [3.05, 3.63) is 36.1 Å². The van der Waals surface area contributed by atoms with Crippen LogP contribution in [0.25, 0.3) is 11.0 Å². The third kappa shape index (κ3) is 3.07. The predicted molar refractivity (Wildman–Crippen MR) is 68.0 cm³/mol. The van der Waals surface area contributed by atoms with E-state index in [9.17, 15) is 4.39 Å². The van der Waals surface area contributed by atoms with Gasteiger partial charge < -0.3 is 9.73 Å². The maximum Gasteiger partial charge on any atom is 0.134 e. The molecule has 0 saturated carbocycles. The largest absolute Gasteiger partial charge is 0.464 e. The van der Waals surface area contributed by atoms with Gasteiger partial charge in [-0.1, -0.05) is 12.1 Å². The van der Waals surface area contributed by atoms with Crippen LogP contribution in [0.15, 0.2) is 34.9 Å². The smallest absolute Gasteiger partial charge is 0.134 e. The molecule has 1 aromatic heterocycles. The van der Waals surface area contributed by atoms with Gasteiger partial charge in [-0.2, -0.15) is 0 Å². The SMILES string of the molecule is CNC(CCCF)Cc1ccc2ccoc2c1. The van der Waals surface area contributed by atoms with Gasteiger partial charge in [0.2, 0.25) is 0 Å². The van der Waals surface area contributed by atoms with Crippen LogP contribution in [-0.2, 0) is 6.42 Å². The Morgan fingerprint density at radius 3 is 3.00 bits per heavy atom. The molecule has 0 bridgehead atoms. The van der Waals surface area contributed by atoms with Gasteiger partial charge in [0.1, 0.15) is 5.58 Å². The van der Waals surface area contributed by atoms with E-state index in [0.717, 1.165) is 23.8 Å². The Morgan fingerprint density at radius 2 is 2.24 bits per heavy atom. The van der Waals surface area contributed by atoms with E-state index in [2.05, 4.69) is 23.5 Å². The molecule has 0 aliphatic heterocycles. The molecule has 0 radical (unpaired) electrons.